The molecule has 1 atom stereocenters. The second-order valence-electron chi connectivity index (χ2n) is 6.72. The van der Waals surface area contributed by atoms with Crippen LogP contribution in [0.5, 0.6) is 0 Å². The first-order chi connectivity index (χ1) is 13.2. The average Bonchev–Trinajstić information content (AvgIpc) is 3.20. The first kappa shape index (κ1) is 19.0. The quantitative estimate of drug-likeness (QED) is 0.797. The van der Waals surface area contributed by atoms with Crippen molar-refractivity contribution in [3.05, 3.63) is 30.4 Å². The lowest BCUT2D eigenvalue weighted by Gasteiger charge is -2.32. The molecular formula is C19H25N5O3. The Hall–Kier alpha value is -2.77. The Balaban J connectivity index is 1.50. The molecule has 1 N–H and O–H groups in total. The lowest BCUT2D eigenvalue weighted by molar-refractivity contribution is -0.135. The molecule has 2 aromatic rings. The Morgan fingerprint density at radius 3 is 3.07 bits per heavy atom. The highest BCUT2D eigenvalue weighted by Crippen LogP contribution is 2.19. The molecule has 144 valence electrons. The van der Waals surface area contributed by atoms with Crippen LogP contribution in [0.25, 0.3) is 11.4 Å². The van der Waals surface area contributed by atoms with Crippen LogP contribution in [0.2, 0.25) is 0 Å². The highest BCUT2D eigenvalue weighted by Gasteiger charge is 2.28. The summed E-state index contributed by atoms with van der Waals surface area (Å²) < 4.78 is 5.24. The van der Waals surface area contributed by atoms with Gasteiger partial charge in [-0.25, -0.2) is 0 Å². The molecule has 2 amide bonds. The molecule has 3 heterocycles. The van der Waals surface area contributed by atoms with Crippen LogP contribution in [0, 0.1) is 5.92 Å². The molecule has 0 aromatic carbocycles. The zero-order chi connectivity index (χ0) is 19.1. The van der Waals surface area contributed by atoms with Crippen LogP contribution < -0.4 is 5.32 Å². The zero-order valence-electron chi connectivity index (χ0n) is 15.6. The first-order valence-corrected chi connectivity index (χ1v) is 9.46. The Kier molecular flexibility index (Phi) is 6.51. The molecule has 1 unspecified atom stereocenters. The molecule has 0 bridgehead atoms. The van der Waals surface area contributed by atoms with E-state index in [9.17, 15) is 9.59 Å². The van der Waals surface area contributed by atoms with Crippen molar-refractivity contribution in [3.63, 3.8) is 0 Å². The van der Waals surface area contributed by atoms with Gasteiger partial charge in [-0.15, -0.1) is 0 Å². The third kappa shape index (κ3) is 5.12. The van der Waals surface area contributed by atoms with Crippen LogP contribution in [-0.4, -0.2) is 51.5 Å². The normalized spacial score (nSPS) is 16.9. The van der Waals surface area contributed by atoms with E-state index < -0.39 is 0 Å². The number of hydrogen-bond donors (Lipinski definition) is 1. The molecule has 1 aliphatic rings. The van der Waals surface area contributed by atoms with Gasteiger partial charge in [0.25, 0.3) is 0 Å². The molecule has 0 saturated carbocycles. The van der Waals surface area contributed by atoms with Gasteiger partial charge in [0.1, 0.15) is 0 Å². The Bertz CT molecular complexity index is 762. The molecule has 1 aliphatic heterocycles. The fourth-order valence-electron chi connectivity index (χ4n) is 3.15. The summed E-state index contributed by atoms with van der Waals surface area (Å²) in [6, 6.07) is 3.66. The van der Waals surface area contributed by atoms with Gasteiger partial charge in [-0.2, -0.15) is 4.98 Å². The molecule has 0 radical (unpaired) electrons. The number of aromatic nitrogens is 3. The Labute approximate surface area is 158 Å². The van der Waals surface area contributed by atoms with Gasteiger partial charge in [-0.05, 0) is 31.4 Å². The van der Waals surface area contributed by atoms with Crippen LogP contribution in [-0.2, 0) is 16.0 Å². The van der Waals surface area contributed by atoms with Gasteiger partial charge < -0.3 is 14.7 Å². The number of aryl methyl sites for hydroxylation is 1. The predicted molar refractivity (Wildman–Crippen MR) is 98.5 cm³/mol. The Morgan fingerprint density at radius 2 is 2.30 bits per heavy atom. The molecule has 0 aliphatic carbocycles. The number of hydrogen-bond acceptors (Lipinski definition) is 6. The van der Waals surface area contributed by atoms with E-state index in [4.69, 9.17) is 4.52 Å². The summed E-state index contributed by atoms with van der Waals surface area (Å²) in [5, 5.41) is 6.86. The number of carbonyl (C=O) groups is 2. The summed E-state index contributed by atoms with van der Waals surface area (Å²) in [5.74, 6) is 0.846. The first-order valence-electron chi connectivity index (χ1n) is 9.46. The molecule has 1 fully saturated rings. The molecule has 8 nitrogen and oxygen atoms in total. The lowest BCUT2D eigenvalue weighted by Crippen LogP contribution is -2.45. The second kappa shape index (κ2) is 9.25. The summed E-state index contributed by atoms with van der Waals surface area (Å²) in [6.07, 6.45) is 6.60. The van der Waals surface area contributed by atoms with E-state index in [-0.39, 0.29) is 24.2 Å². The van der Waals surface area contributed by atoms with Crippen LogP contribution in [0.4, 0.5) is 0 Å². The van der Waals surface area contributed by atoms with Gasteiger partial charge >= 0.3 is 0 Å². The average molecular weight is 371 g/mol. The minimum atomic E-state index is -0.116. The molecule has 0 spiro atoms. The van der Waals surface area contributed by atoms with E-state index in [1.54, 1.807) is 23.4 Å². The number of nitrogens with one attached hydrogen (secondary N) is 1. The maximum Gasteiger partial charge on any atom is 0.227 e. The van der Waals surface area contributed by atoms with Crippen molar-refractivity contribution in [1.29, 1.82) is 0 Å². The van der Waals surface area contributed by atoms with Crippen molar-refractivity contribution in [3.8, 4) is 11.4 Å². The van der Waals surface area contributed by atoms with Crippen LogP contribution in [0.15, 0.2) is 29.0 Å². The topological polar surface area (TPSA) is 101 Å². The van der Waals surface area contributed by atoms with Gasteiger partial charge in [0.15, 0.2) is 0 Å². The summed E-state index contributed by atoms with van der Waals surface area (Å²) in [7, 11) is 0. The monoisotopic (exact) mass is 371 g/mol. The van der Waals surface area contributed by atoms with Crippen LogP contribution in [0.3, 0.4) is 0 Å². The minimum absolute atomic E-state index is 0.0177. The van der Waals surface area contributed by atoms with Crippen molar-refractivity contribution >= 4 is 11.8 Å². The number of nitrogens with zero attached hydrogens (tertiary/aromatic N) is 4. The van der Waals surface area contributed by atoms with Gasteiger partial charge in [-0.1, -0.05) is 12.1 Å². The maximum atomic E-state index is 12.5. The number of pyridine rings is 1. The standard InChI is InChI=1S/C19H25N5O3/c1-2-9-21-19(26)15-6-4-11-24(13-15)17(25)8-7-16-22-18(23-27-16)14-5-3-10-20-12-14/h3,5,10,12,15H,2,4,6-9,11,13H2,1H3,(H,21,26). The fourth-order valence-corrected chi connectivity index (χ4v) is 3.15. The minimum Gasteiger partial charge on any atom is -0.356 e. The Morgan fingerprint density at radius 1 is 1.41 bits per heavy atom. The summed E-state index contributed by atoms with van der Waals surface area (Å²) in [4.78, 5) is 34.8. The molecule has 1 saturated heterocycles. The van der Waals surface area contributed by atoms with E-state index in [1.807, 2.05) is 13.0 Å². The molecule has 2 aromatic heterocycles. The second-order valence-corrected chi connectivity index (χ2v) is 6.72. The summed E-state index contributed by atoms with van der Waals surface area (Å²) in [5.41, 5.74) is 0.774. The van der Waals surface area contributed by atoms with E-state index in [2.05, 4.69) is 20.4 Å². The van der Waals surface area contributed by atoms with Gasteiger partial charge in [0, 0.05) is 50.4 Å². The van der Waals surface area contributed by atoms with Gasteiger partial charge in [0.05, 0.1) is 5.92 Å². The maximum absolute atomic E-state index is 12.5. The van der Waals surface area contributed by atoms with E-state index in [1.165, 1.54) is 0 Å². The van der Waals surface area contributed by atoms with Gasteiger partial charge in [-0.3, -0.25) is 14.6 Å². The van der Waals surface area contributed by atoms with E-state index in [0.29, 0.717) is 37.8 Å². The SMILES string of the molecule is CCCNC(=O)C1CCCN(C(=O)CCc2nc(-c3cccnc3)no2)C1. The lowest BCUT2D eigenvalue weighted by atomic mass is 9.96. The number of piperidine rings is 1. The van der Waals surface area contributed by atoms with Crippen molar-refractivity contribution < 1.29 is 14.1 Å². The van der Waals surface area contributed by atoms with E-state index >= 15 is 0 Å². The number of carbonyl (C=O) groups excluding carboxylic acids is 2. The summed E-state index contributed by atoms with van der Waals surface area (Å²) >= 11 is 0. The predicted octanol–water partition coefficient (Wildman–Crippen LogP) is 1.83. The third-order valence-electron chi connectivity index (χ3n) is 4.63. The molecular weight excluding hydrogens is 346 g/mol. The number of likely N-dealkylation sites (tertiary alicyclic amines) is 1. The highest BCUT2D eigenvalue weighted by atomic mass is 16.5. The van der Waals surface area contributed by atoms with E-state index in [0.717, 1.165) is 24.8 Å². The van der Waals surface area contributed by atoms with Gasteiger partial charge in [0.2, 0.25) is 23.5 Å². The smallest absolute Gasteiger partial charge is 0.227 e. The van der Waals surface area contributed by atoms with Crippen LogP contribution >= 0.6 is 0 Å². The largest absolute Gasteiger partial charge is 0.356 e. The molecule has 8 heteroatoms. The number of rotatable bonds is 7. The fraction of sp³-hybridized carbons (Fsp3) is 0.526. The summed E-state index contributed by atoms with van der Waals surface area (Å²) in [6.45, 7) is 3.88. The molecule has 3 rings (SSSR count). The van der Waals surface area contributed by atoms with Crippen molar-refractivity contribution in [2.75, 3.05) is 19.6 Å². The zero-order valence-corrected chi connectivity index (χ0v) is 15.6. The number of amides is 2. The molecule has 27 heavy (non-hydrogen) atoms. The van der Waals surface area contributed by atoms with Crippen molar-refractivity contribution in [2.45, 2.75) is 39.0 Å². The third-order valence-corrected chi connectivity index (χ3v) is 4.63. The highest BCUT2D eigenvalue weighted by molar-refractivity contribution is 5.81. The van der Waals surface area contributed by atoms with Crippen molar-refractivity contribution in [2.24, 2.45) is 5.92 Å². The van der Waals surface area contributed by atoms with Crippen molar-refractivity contribution in [1.82, 2.24) is 25.3 Å². The van der Waals surface area contributed by atoms with Crippen LogP contribution in [0.1, 0.15) is 38.5 Å².